The van der Waals surface area contributed by atoms with E-state index in [9.17, 15) is 57.2 Å². The van der Waals surface area contributed by atoms with Crippen LogP contribution < -0.4 is 11.1 Å². The Labute approximate surface area is 295 Å². The van der Waals surface area contributed by atoms with Crippen LogP contribution in [0.15, 0.2) is 67.9 Å². The first-order chi connectivity index (χ1) is 24.4. The molecule has 0 fully saturated rings. The largest absolute Gasteiger partial charge is 0.310 e. The first kappa shape index (κ1) is 40.2. The van der Waals surface area contributed by atoms with Gasteiger partial charge in [0.1, 0.15) is 56.9 Å². The molecular formula is C30H28F12N8O2S2. The number of H-pyrrole nitrogens is 2. The minimum atomic E-state index is -9.77. The number of rotatable bonds is 8. The molecule has 0 saturated carbocycles. The van der Waals surface area contributed by atoms with Gasteiger partial charge in [0, 0.05) is 0 Å². The first-order valence-corrected chi connectivity index (χ1v) is 19.1. The molecule has 4 aromatic heterocycles. The number of aryl methyl sites for hydroxylation is 2. The Kier molecular flexibility index (Phi) is 8.74. The third-order valence-electron chi connectivity index (χ3n) is 8.11. The summed E-state index contributed by atoms with van der Waals surface area (Å²) in [4.78, 5) is 33.2. The number of nitrogens with one attached hydrogen (secondary N) is 2. The standard InChI is InChI=1S/2C15H14F6N4OS/c2*1-8(10-3-5-11(6-4-10)27(17,18,19,20)21)25-14-13(12(7-16)24-25)15(26)23-9(2)22-14/h2*3-6,8H,7H2,1-2H3,(H,22,23,26)/t2*8-/m10/s1. The fourth-order valence-electron chi connectivity index (χ4n) is 5.47. The second-order valence-corrected chi connectivity index (χ2v) is 17.0. The highest BCUT2D eigenvalue weighted by atomic mass is 32.5. The number of aromatic nitrogens is 8. The number of hydrogen-bond acceptors (Lipinski definition) is 6. The number of fused-ring (bicyclic) bond motifs is 2. The molecule has 2 N–H and O–H groups in total. The van der Waals surface area contributed by atoms with Crippen LogP contribution in [0.2, 0.25) is 0 Å². The minimum Gasteiger partial charge on any atom is -0.310 e. The Morgan fingerprint density at radius 2 is 0.870 bits per heavy atom. The average molecular weight is 825 g/mol. The quantitative estimate of drug-likeness (QED) is 0.147. The molecule has 0 saturated heterocycles. The first-order valence-electron chi connectivity index (χ1n) is 15.2. The van der Waals surface area contributed by atoms with Crippen LogP contribution in [0, 0.1) is 13.8 Å². The summed E-state index contributed by atoms with van der Waals surface area (Å²) in [5.41, 5.74) is -1.03. The fraction of sp³-hybridized carbons (Fsp3) is 0.267. The van der Waals surface area contributed by atoms with Crippen molar-refractivity contribution in [3.63, 3.8) is 0 Å². The van der Waals surface area contributed by atoms with Crippen LogP contribution in [0.3, 0.4) is 0 Å². The highest BCUT2D eigenvalue weighted by Gasteiger charge is 2.66. The number of alkyl halides is 2. The van der Waals surface area contributed by atoms with Crippen molar-refractivity contribution in [3.05, 3.63) is 103 Å². The van der Waals surface area contributed by atoms with Crippen molar-refractivity contribution < 1.29 is 47.6 Å². The summed E-state index contributed by atoms with van der Waals surface area (Å²) in [5.74, 6) is 0.477. The third kappa shape index (κ3) is 8.07. The Bertz CT molecular complexity index is 2360. The SMILES string of the molecule is Cc1nc2c(c(CF)nn2[C@@H](C)c2ccc(S(F)(F)(F)(F)F)cc2)c(=O)[nH]1.Cc1nc2c(c(CF)nn2[C@H](C)c2ccc(S(F)(F)(F)(F)F)cc2)c(=O)[nH]1. The van der Waals surface area contributed by atoms with Crippen LogP contribution in [0.4, 0.5) is 47.6 Å². The van der Waals surface area contributed by atoms with E-state index in [0.29, 0.717) is 24.3 Å². The van der Waals surface area contributed by atoms with Gasteiger partial charge in [-0.15, -0.1) is 0 Å². The van der Waals surface area contributed by atoms with Gasteiger partial charge >= 0.3 is 20.4 Å². The van der Waals surface area contributed by atoms with Gasteiger partial charge in [-0.1, -0.05) is 63.1 Å². The summed E-state index contributed by atoms with van der Waals surface area (Å²) in [6, 6.07) is 3.16. The molecular weight excluding hydrogens is 796 g/mol. The minimum absolute atomic E-state index is 0.0493. The smallest absolute Gasteiger partial charge is 0.310 e. The van der Waals surface area contributed by atoms with Gasteiger partial charge in [0.15, 0.2) is 11.3 Å². The maximum Gasteiger partial charge on any atom is 0.310 e. The van der Waals surface area contributed by atoms with Crippen LogP contribution in [-0.2, 0) is 13.3 Å². The van der Waals surface area contributed by atoms with Gasteiger partial charge in [-0.05, 0) is 63.1 Å². The van der Waals surface area contributed by atoms with E-state index in [-0.39, 0.29) is 56.2 Å². The summed E-state index contributed by atoms with van der Waals surface area (Å²) in [5, 5.41) is 7.82. The van der Waals surface area contributed by atoms with Crippen molar-refractivity contribution in [1.82, 2.24) is 39.5 Å². The molecule has 0 unspecified atom stereocenters. The van der Waals surface area contributed by atoms with Crippen molar-refractivity contribution in [1.29, 1.82) is 0 Å². The Hall–Kier alpha value is -5.00. The summed E-state index contributed by atoms with van der Waals surface area (Å²) < 4.78 is 157. The highest BCUT2D eigenvalue weighted by Crippen LogP contribution is 3.02. The molecule has 0 bridgehead atoms. The van der Waals surface area contributed by atoms with Crippen LogP contribution in [-0.4, -0.2) is 39.5 Å². The predicted octanol–water partition coefficient (Wildman–Crippen LogP) is 10.3. The lowest BCUT2D eigenvalue weighted by molar-refractivity contribution is 0.360. The maximum absolute atomic E-state index is 13.2. The lowest BCUT2D eigenvalue weighted by atomic mass is 10.1. The van der Waals surface area contributed by atoms with Gasteiger partial charge in [-0.3, -0.25) is 9.59 Å². The van der Waals surface area contributed by atoms with Gasteiger partial charge in [-0.2, -0.15) is 10.2 Å². The molecule has 0 spiro atoms. The summed E-state index contributed by atoms with van der Waals surface area (Å²) in [6.45, 7) is 3.94. The molecule has 6 rings (SSSR count). The zero-order valence-corrected chi connectivity index (χ0v) is 29.7. The Morgan fingerprint density at radius 3 is 1.13 bits per heavy atom. The highest BCUT2D eigenvalue weighted by molar-refractivity contribution is 8.46. The molecule has 6 aromatic rings. The monoisotopic (exact) mass is 824 g/mol. The predicted molar refractivity (Wildman–Crippen MR) is 179 cm³/mol. The van der Waals surface area contributed by atoms with Crippen LogP contribution in [0.1, 0.15) is 60.1 Å². The lowest BCUT2D eigenvalue weighted by Crippen LogP contribution is -2.13. The zero-order valence-electron chi connectivity index (χ0n) is 28.0. The fourth-order valence-corrected chi connectivity index (χ4v) is 6.77. The molecule has 296 valence electrons. The molecule has 24 heteroatoms. The van der Waals surface area contributed by atoms with Gasteiger partial charge in [0.2, 0.25) is 0 Å². The summed E-state index contributed by atoms with van der Waals surface area (Å²) in [7, 11) is -19.5. The molecule has 54 heavy (non-hydrogen) atoms. The lowest BCUT2D eigenvalue weighted by Gasteiger charge is -2.40. The summed E-state index contributed by atoms with van der Waals surface area (Å²) >= 11 is 0. The molecule has 0 radical (unpaired) electrons. The van der Waals surface area contributed by atoms with Crippen molar-refractivity contribution in [3.8, 4) is 0 Å². The third-order valence-corrected chi connectivity index (χ3v) is 10.4. The molecule has 2 aromatic carbocycles. The van der Waals surface area contributed by atoms with Crippen LogP contribution >= 0.6 is 20.4 Å². The Morgan fingerprint density at radius 1 is 0.574 bits per heavy atom. The normalized spacial score (nSPS) is 16.1. The van der Waals surface area contributed by atoms with E-state index in [1.807, 2.05) is 0 Å². The van der Waals surface area contributed by atoms with E-state index in [1.165, 1.54) is 37.1 Å². The van der Waals surface area contributed by atoms with Gasteiger partial charge in [0.25, 0.3) is 11.1 Å². The van der Waals surface area contributed by atoms with E-state index in [0.717, 1.165) is 24.3 Å². The second-order valence-electron chi connectivity index (χ2n) is 12.2. The van der Waals surface area contributed by atoms with Crippen molar-refractivity contribution in [2.45, 2.75) is 62.9 Å². The van der Waals surface area contributed by atoms with Gasteiger partial charge in [-0.25, -0.2) is 28.1 Å². The summed E-state index contributed by atoms with van der Waals surface area (Å²) in [6.07, 6.45) is 0. The van der Waals surface area contributed by atoms with Crippen LogP contribution in [0.25, 0.3) is 22.1 Å². The molecule has 2 atom stereocenters. The van der Waals surface area contributed by atoms with Gasteiger partial charge in [0.05, 0.1) is 12.1 Å². The molecule has 0 aliphatic heterocycles. The van der Waals surface area contributed by atoms with Crippen molar-refractivity contribution in [2.75, 3.05) is 0 Å². The molecule has 0 aliphatic rings. The topological polar surface area (TPSA) is 127 Å². The zero-order chi connectivity index (χ0) is 40.5. The van der Waals surface area contributed by atoms with Crippen molar-refractivity contribution in [2.24, 2.45) is 0 Å². The number of hydrogen-bond donors (Lipinski definition) is 2. The van der Waals surface area contributed by atoms with E-state index < -0.39 is 66.8 Å². The van der Waals surface area contributed by atoms with E-state index in [4.69, 9.17) is 0 Å². The van der Waals surface area contributed by atoms with Gasteiger partial charge < -0.3 is 9.97 Å². The number of benzene rings is 2. The molecule has 0 aliphatic carbocycles. The second kappa shape index (κ2) is 11.7. The molecule has 4 heterocycles. The van der Waals surface area contributed by atoms with Crippen LogP contribution in [0.5, 0.6) is 0 Å². The van der Waals surface area contributed by atoms with E-state index in [2.05, 4.69) is 30.1 Å². The Balaban J connectivity index is 0.000000208. The van der Waals surface area contributed by atoms with E-state index >= 15 is 0 Å². The number of aromatic amines is 2. The average Bonchev–Trinajstić information content (AvgIpc) is 3.61. The maximum atomic E-state index is 13.2. The van der Waals surface area contributed by atoms with E-state index in [1.54, 1.807) is 0 Å². The molecule has 10 nitrogen and oxygen atoms in total. The molecule has 0 amide bonds. The number of halogens is 12. The van der Waals surface area contributed by atoms with Crippen molar-refractivity contribution >= 4 is 42.5 Å². The number of nitrogens with zero attached hydrogens (tertiary/aromatic N) is 6.